The number of benzene rings is 1. The van der Waals surface area contributed by atoms with E-state index in [9.17, 15) is 4.79 Å². The van der Waals surface area contributed by atoms with Gasteiger partial charge in [-0.2, -0.15) is 0 Å². The number of nitrogens with zero attached hydrogens (tertiary/aromatic N) is 2. The van der Waals surface area contributed by atoms with Crippen LogP contribution in [0.2, 0.25) is 0 Å². The SMILES string of the molecule is CCCn1cnc2cc(C(=O)OCC)ccc21. The number of hydrogen-bond donors (Lipinski definition) is 0. The van der Waals surface area contributed by atoms with Crippen molar-refractivity contribution in [2.24, 2.45) is 0 Å². The van der Waals surface area contributed by atoms with Crippen molar-refractivity contribution in [2.45, 2.75) is 26.8 Å². The summed E-state index contributed by atoms with van der Waals surface area (Å²) in [7, 11) is 0. The van der Waals surface area contributed by atoms with E-state index in [4.69, 9.17) is 4.74 Å². The molecule has 4 heteroatoms. The van der Waals surface area contributed by atoms with E-state index in [1.807, 2.05) is 12.4 Å². The fourth-order valence-electron chi connectivity index (χ4n) is 1.82. The maximum absolute atomic E-state index is 11.6. The van der Waals surface area contributed by atoms with E-state index in [1.165, 1.54) is 0 Å². The summed E-state index contributed by atoms with van der Waals surface area (Å²) in [4.78, 5) is 15.9. The molecule has 0 unspecified atom stereocenters. The van der Waals surface area contributed by atoms with Gasteiger partial charge in [0.1, 0.15) is 0 Å². The predicted octanol–water partition coefficient (Wildman–Crippen LogP) is 2.62. The number of ether oxygens (including phenoxy) is 1. The Morgan fingerprint density at radius 3 is 2.94 bits per heavy atom. The number of esters is 1. The highest BCUT2D eigenvalue weighted by Gasteiger charge is 2.09. The molecule has 0 aliphatic carbocycles. The summed E-state index contributed by atoms with van der Waals surface area (Å²) in [6, 6.07) is 5.48. The second-order valence-corrected chi connectivity index (χ2v) is 3.86. The first-order valence-electron chi connectivity index (χ1n) is 5.88. The van der Waals surface area contributed by atoms with Gasteiger partial charge in [-0.25, -0.2) is 9.78 Å². The highest BCUT2D eigenvalue weighted by molar-refractivity contribution is 5.93. The molecule has 0 amide bonds. The van der Waals surface area contributed by atoms with Gasteiger partial charge < -0.3 is 9.30 Å². The van der Waals surface area contributed by atoms with Crippen LogP contribution in [0.15, 0.2) is 24.5 Å². The molecule has 4 nitrogen and oxygen atoms in total. The molecule has 2 aromatic rings. The molecule has 0 bridgehead atoms. The first kappa shape index (κ1) is 11.6. The zero-order chi connectivity index (χ0) is 12.3. The van der Waals surface area contributed by atoms with Crippen molar-refractivity contribution < 1.29 is 9.53 Å². The minimum atomic E-state index is -0.292. The molecule has 0 atom stereocenters. The first-order valence-corrected chi connectivity index (χ1v) is 5.88. The molecule has 0 spiro atoms. The van der Waals surface area contributed by atoms with Crippen molar-refractivity contribution in [2.75, 3.05) is 6.61 Å². The minimum absolute atomic E-state index is 0.292. The number of fused-ring (bicyclic) bond motifs is 1. The Hall–Kier alpha value is -1.84. The molecule has 0 aliphatic heterocycles. The van der Waals surface area contributed by atoms with Crippen LogP contribution < -0.4 is 0 Å². The molecule has 1 heterocycles. The van der Waals surface area contributed by atoms with Gasteiger partial charge in [-0.05, 0) is 31.5 Å². The van der Waals surface area contributed by atoms with E-state index in [-0.39, 0.29) is 5.97 Å². The van der Waals surface area contributed by atoms with Gasteiger partial charge >= 0.3 is 5.97 Å². The van der Waals surface area contributed by atoms with Crippen molar-refractivity contribution in [3.05, 3.63) is 30.1 Å². The number of carbonyl (C=O) groups excluding carboxylic acids is 1. The van der Waals surface area contributed by atoms with Gasteiger partial charge in [0.2, 0.25) is 0 Å². The summed E-state index contributed by atoms with van der Waals surface area (Å²) in [6.07, 6.45) is 2.87. The van der Waals surface area contributed by atoms with E-state index in [2.05, 4.69) is 16.5 Å². The Morgan fingerprint density at radius 1 is 1.41 bits per heavy atom. The lowest BCUT2D eigenvalue weighted by Gasteiger charge is -2.03. The van der Waals surface area contributed by atoms with E-state index in [0.717, 1.165) is 24.0 Å². The molecular formula is C13H16N2O2. The van der Waals surface area contributed by atoms with Gasteiger partial charge in [-0.3, -0.25) is 0 Å². The largest absolute Gasteiger partial charge is 0.462 e. The van der Waals surface area contributed by atoms with Gasteiger partial charge in [-0.1, -0.05) is 6.92 Å². The first-order chi connectivity index (χ1) is 8.26. The number of rotatable bonds is 4. The highest BCUT2D eigenvalue weighted by atomic mass is 16.5. The van der Waals surface area contributed by atoms with E-state index in [0.29, 0.717) is 12.2 Å². The normalized spacial score (nSPS) is 10.7. The Kier molecular flexibility index (Phi) is 3.42. The highest BCUT2D eigenvalue weighted by Crippen LogP contribution is 2.16. The zero-order valence-corrected chi connectivity index (χ0v) is 10.1. The molecule has 0 saturated heterocycles. The number of imidazole rings is 1. The second kappa shape index (κ2) is 4.99. The summed E-state index contributed by atoms with van der Waals surface area (Å²) >= 11 is 0. The van der Waals surface area contributed by atoms with Gasteiger partial charge in [0.05, 0.1) is 29.5 Å². The summed E-state index contributed by atoms with van der Waals surface area (Å²) in [5, 5.41) is 0. The third kappa shape index (κ3) is 2.30. The third-order valence-electron chi connectivity index (χ3n) is 2.60. The summed E-state index contributed by atoms with van der Waals surface area (Å²) in [5.41, 5.74) is 2.45. The molecular weight excluding hydrogens is 216 g/mol. The zero-order valence-electron chi connectivity index (χ0n) is 10.1. The second-order valence-electron chi connectivity index (χ2n) is 3.86. The molecule has 0 radical (unpaired) electrons. The van der Waals surface area contributed by atoms with Crippen LogP contribution in [-0.2, 0) is 11.3 Å². The molecule has 0 N–H and O–H groups in total. The van der Waals surface area contributed by atoms with Gasteiger partial charge in [0.15, 0.2) is 0 Å². The van der Waals surface area contributed by atoms with E-state index < -0.39 is 0 Å². The average molecular weight is 232 g/mol. The van der Waals surface area contributed by atoms with E-state index in [1.54, 1.807) is 19.1 Å². The smallest absolute Gasteiger partial charge is 0.338 e. The number of aromatic nitrogens is 2. The number of hydrogen-bond acceptors (Lipinski definition) is 3. The van der Waals surface area contributed by atoms with Crippen molar-refractivity contribution in [3.8, 4) is 0 Å². The van der Waals surface area contributed by atoms with Crippen molar-refractivity contribution in [1.82, 2.24) is 9.55 Å². The lowest BCUT2D eigenvalue weighted by atomic mass is 10.2. The monoisotopic (exact) mass is 232 g/mol. The lowest BCUT2D eigenvalue weighted by Crippen LogP contribution is -2.04. The minimum Gasteiger partial charge on any atom is -0.462 e. The Balaban J connectivity index is 2.35. The summed E-state index contributed by atoms with van der Waals surface area (Å²) in [6.45, 7) is 5.25. The van der Waals surface area contributed by atoms with Crippen LogP contribution in [0.1, 0.15) is 30.6 Å². The molecule has 17 heavy (non-hydrogen) atoms. The fraction of sp³-hybridized carbons (Fsp3) is 0.385. The summed E-state index contributed by atoms with van der Waals surface area (Å²) in [5.74, 6) is -0.292. The summed E-state index contributed by atoms with van der Waals surface area (Å²) < 4.78 is 7.05. The van der Waals surface area contributed by atoms with Crippen LogP contribution in [0.25, 0.3) is 11.0 Å². The van der Waals surface area contributed by atoms with Gasteiger partial charge in [0, 0.05) is 6.54 Å². The van der Waals surface area contributed by atoms with Gasteiger partial charge in [-0.15, -0.1) is 0 Å². The van der Waals surface area contributed by atoms with E-state index >= 15 is 0 Å². The maximum atomic E-state index is 11.6. The Morgan fingerprint density at radius 2 is 2.24 bits per heavy atom. The van der Waals surface area contributed by atoms with Crippen molar-refractivity contribution in [3.63, 3.8) is 0 Å². The van der Waals surface area contributed by atoms with Crippen LogP contribution in [-0.4, -0.2) is 22.1 Å². The maximum Gasteiger partial charge on any atom is 0.338 e. The molecule has 0 saturated carbocycles. The molecule has 0 aliphatic rings. The lowest BCUT2D eigenvalue weighted by molar-refractivity contribution is 0.0526. The molecule has 0 fully saturated rings. The van der Waals surface area contributed by atoms with Crippen LogP contribution in [0.3, 0.4) is 0 Å². The third-order valence-corrected chi connectivity index (χ3v) is 2.60. The molecule has 1 aromatic carbocycles. The average Bonchev–Trinajstić information content (AvgIpc) is 2.73. The fourth-order valence-corrected chi connectivity index (χ4v) is 1.82. The van der Waals surface area contributed by atoms with Gasteiger partial charge in [0.25, 0.3) is 0 Å². The van der Waals surface area contributed by atoms with Crippen LogP contribution in [0.5, 0.6) is 0 Å². The van der Waals surface area contributed by atoms with Crippen LogP contribution in [0, 0.1) is 0 Å². The topological polar surface area (TPSA) is 44.1 Å². The molecule has 1 aromatic heterocycles. The molecule has 90 valence electrons. The number of aryl methyl sites for hydroxylation is 1. The predicted molar refractivity (Wildman–Crippen MR) is 66.0 cm³/mol. The Labute approximate surface area is 100 Å². The molecule has 2 rings (SSSR count). The van der Waals surface area contributed by atoms with Crippen LogP contribution >= 0.6 is 0 Å². The van der Waals surface area contributed by atoms with Crippen LogP contribution in [0.4, 0.5) is 0 Å². The quantitative estimate of drug-likeness (QED) is 0.761. The Bertz CT molecular complexity index is 531. The van der Waals surface area contributed by atoms with Crippen molar-refractivity contribution >= 4 is 17.0 Å². The number of carbonyl (C=O) groups is 1. The standard InChI is InChI=1S/C13H16N2O2/c1-3-7-15-9-14-11-8-10(5-6-12(11)15)13(16)17-4-2/h5-6,8-9H,3-4,7H2,1-2H3. The van der Waals surface area contributed by atoms with Crippen molar-refractivity contribution in [1.29, 1.82) is 0 Å².